The van der Waals surface area contributed by atoms with E-state index in [1.165, 1.54) is 11.1 Å². The zero-order valence-corrected chi connectivity index (χ0v) is 15.4. The van der Waals surface area contributed by atoms with E-state index in [1.807, 2.05) is 18.2 Å². The van der Waals surface area contributed by atoms with E-state index in [0.717, 1.165) is 6.42 Å². The van der Waals surface area contributed by atoms with Crippen molar-refractivity contribution in [1.82, 2.24) is 5.32 Å². The Kier molecular flexibility index (Phi) is 6.87. The molecule has 0 saturated carbocycles. The molecule has 0 spiro atoms. The molecule has 4 heteroatoms. The van der Waals surface area contributed by atoms with Crippen LogP contribution in [0.2, 0.25) is 0 Å². The molecule has 4 nitrogen and oxygen atoms in total. The molecule has 0 aliphatic rings. The van der Waals surface area contributed by atoms with Crippen molar-refractivity contribution in [2.45, 2.75) is 39.2 Å². The number of hydrogen-bond donors (Lipinski definition) is 1. The van der Waals surface area contributed by atoms with Gasteiger partial charge in [-0.2, -0.15) is 0 Å². The summed E-state index contributed by atoms with van der Waals surface area (Å²) in [4.78, 5) is 12.2. The van der Waals surface area contributed by atoms with Crippen LogP contribution in [0.5, 0.6) is 11.5 Å². The van der Waals surface area contributed by atoms with Gasteiger partial charge in [0.05, 0.1) is 7.11 Å². The number of hydrogen-bond acceptors (Lipinski definition) is 3. The quantitative estimate of drug-likeness (QED) is 0.791. The highest BCUT2D eigenvalue weighted by atomic mass is 16.5. The van der Waals surface area contributed by atoms with Crippen molar-refractivity contribution in [1.29, 1.82) is 0 Å². The summed E-state index contributed by atoms with van der Waals surface area (Å²) >= 11 is 0. The maximum atomic E-state index is 12.2. The third kappa shape index (κ3) is 5.82. The van der Waals surface area contributed by atoms with Crippen molar-refractivity contribution in [3.8, 4) is 11.5 Å². The Morgan fingerprint density at radius 2 is 1.72 bits per heavy atom. The van der Waals surface area contributed by atoms with Crippen LogP contribution in [0.25, 0.3) is 0 Å². The lowest BCUT2D eigenvalue weighted by Crippen LogP contribution is -2.37. The smallest absolute Gasteiger partial charge is 0.260 e. The molecule has 0 unspecified atom stereocenters. The minimum Gasteiger partial charge on any atom is -0.497 e. The maximum Gasteiger partial charge on any atom is 0.260 e. The Morgan fingerprint density at radius 1 is 1.04 bits per heavy atom. The van der Waals surface area contributed by atoms with E-state index in [1.54, 1.807) is 20.1 Å². The maximum absolute atomic E-state index is 12.2. The normalized spacial score (nSPS) is 11.9. The van der Waals surface area contributed by atoms with Gasteiger partial charge in [-0.15, -0.1) is 0 Å². The largest absolute Gasteiger partial charge is 0.497 e. The predicted molar refractivity (Wildman–Crippen MR) is 100 cm³/mol. The standard InChI is InChI=1S/C21H27NO3/c1-15(2)18-10-8-17(9-11-18)12-13-22-21(23)16(3)25-20-7-5-6-19(14-20)24-4/h5-11,14-16H,12-13H2,1-4H3,(H,22,23)/t16-/m0/s1. The first-order chi connectivity index (χ1) is 12.0. The number of carbonyl (C=O) groups excluding carboxylic acids is 1. The molecule has 25 heavy (non-hydrogen) atoms. The molecule has 1 amide bonds. The van der Waals surface area contributed by atoms with Gasteiger partial charge in [-0.05, 0) is 42.5 Å². The summed E-state index contributed by atoms with van der Waals surface area (Å²) in [6, 6.07) is 15.8. The predicted octanol–water partition coefficient (Wildman–Crippen LogP) is 3.94. The number of amides is 1. The van der Waals surface area contributed by atoms with Gasteiger partial charge in [0.15, 0.2) is 6.10 Å². The fraction of sp³-hybridized carbons (Fsp3) is 0.381. The van der Waals surface area contributed by atoms with Gasteiger partial charge in [-0.1, -0.05) is 44.2 Å². The lowest BCUT2D eigenvalue weighted by Gasteiger charge is -2.15. The number of carbonyl (C=O) groups is 1. The van der Waals surface area contributed by atoms with Gasteiger partial charge in [-0.3, -0.25) is 4.79 Å². The molecule has 0 heterocycles. The Bertz CT molecular complexity index is 680. The van der Waals surface area contributed by atoms with Gasteiger partial charge >= 0.3 is 0 Å². The second-order valence-corrected chi connectivity index (χ2v) is 6.38. The van der Waals surface area contributed by atoms with Crippen LogP contribution in [-0.4, -0.2) is 25.7 Å². The van der Waals surface area contributed by atoms with Gasteiger partial charge in [0.25, 0.3) is 5.91 Å². The fourth-order valence-electron chi connectivity index (χ4n) is 2.48. The lowest BCUT2D eigenvalue weighted by molar-refractivity contribution is -0.127. The molecule has 0 saturated heterocycles. The highest BCUT2D eigenvalue weighted by Gasteiger charge is 2.14. The zero-order valence-electron chi connectivity index (χ0n) is 15.4. The summed E-state index contributed by atoms with van der Waals surface area (Å²) in [6.07, 6.45) is 0.242. The average Bonchev–Trinajstić information content (AvgIpc) is 2.62. The van der Waals surface area contributed by atoms with Crippen LogP contribution in [0.3, 0.4) is 0 Å². The lowest BCUT2D eigenvalue weighted by atomic mass is 10.0. The Hall–Kier alpha value is -2.49. The number of ether oxygens (including phenoxy) is 2. The first kappa shape index (κ1) is 18.8. The second kappa shape index (κ2) is 9.11. The van der Waals surface area contributed by atoms with E-state index in [2.05, 4.69) is 43.4 Å². The van der Waals surface area contributed by atoms with Crippen molar-refractivity contribution >= 4 is 5.91 Å². The Balaban J connectivity index is 1.79. The molecule has 0 aromatic heterocycles. The third-order valence-electron chi connectivity index (χ3n) is 4.08. The summed E-state index contributed by atoms with van der Waals surface area (Å²) in [7, 11) is 1.60. The molecule has 0 aliphatic heterocycles. The zero-order chi connectivity index (χ0) is 18.2. The molecule has 134 valence electrons. The van der Waals surface area contributed by atoms with Crippen LogP contribution < -0.4 is 14.8 Å². The molecular weight excluding hydrogens is 314 g/mol. The van der Waals surface area contributed by atoms with Crippen LogP contribution in [0.15, 0.2) is 48.5 Å². The van der Waals surface area contributed by atoms with E-state index in [9.17, 15) is 4.79 Å². The molecule has 0 aliphatic carbocycles. The van der Waals surface area contributed by atoms with E-state index >= 15 is 0 Å². The number of methoxy groups -OCH3 is 1. The Morgan fingerprint density at radius 3 is 2.36 bits per heavy atom. The molecule has 2 aromatic rings. The number of rotatable bonds is 8. The number of benzene rings is 2. The second-order valence-electron chi connectivity index (χ2n) is 6.38. The van der Waals surface area contributed by atoms with Crippen molar-refractivity contribution in [3.63, 3.8) is 0 Å². The summed E-state index contributed by atoms with van der Waals surface area (Å²) in [6.45, 7) is 6.69. The number of nitrogens with one attached hydrogen (secondary N) is 1. The van der Waals surface area contributed by atoms with Gasteiger partial charge in [0, 0.05) is 12.6 Å². The summed E-state index contributed by atoms with van der Waals surface area (Å²) in [5, 5.41) is 2.92. The minimum atomic E-state index is -0.560. The molecule has 2 aromatic carbocycles. The molecule has 0 bridgehead atoms. The highest BCUT2D eigenvalue weighted by Crippen LogP contribution is 2.20. The van der Waals surface area contributed by atoms with Crippen LogP contribution in [-0.2, 0) is 11.2 Å². The fourth-order valence-corrected chi connectivity index (χ4v) is 2.48. The van der Waals surface area contributed by atoms with Gasteiger partial charge < -0.3 is 14.8 Å². The molecule has 1 N–H and O–H groups in total. The van der Waals surface area contributed by atoms with Crippen LogP contribution in [0, 0.1) is 0 Å². The van der Waals surface area contributed by atoms with Crippen molar-refractivity contribution in [3.05, 3.63) is 59.7 Å². The van der Waals surface area contributed by atoms with Crippen LogP contribution in [0.4, 0.5) is 0 Å². The summed E-state index contributed by atoms with van der Waals surface area (Å²) in [5.41, 5.74) is 2.54. The van der Waals surface area contributed by atoms with E-state index < -0.39 is 6.10 Å². The summed E-state index contributed by atoms with van der Waals surface area (Å²) in [5.74, 6) is 1.73. The van der Waals surface area contributed by atoms with Crippen molar-refractivity contribution < 1.29 is 14.3 Å². The third-order valence-corrected chi connectivity index (χ3v) is 4.08. The van der Waals surface area contributed by atoms with E-state index in [0.29, 0.717) is 24.0 Å². The first-order valence-electron chi connectivity index (χ1n) is 8.67. The minimum absolute atomic E-state index is 0.123. The molecule has 0 fully saturated rings. The van der Waals surface area contributed by atoms with Crippen molar-refractivity contribution in [2.75, 3.05) is 13.7 Å². The monoisotopic (exact) mass is 341 g/mol. The topological polar surface area (TPSA) is 47.6 Å². The highest BCUT2D eigenvalue weighted by molar-refractivity contribution is 5.80. The molecular formula is C21H27NO3. The molecule has 1 atom stereocenters. The van der Waals surface area contributed by atoms with Gasteiger partial charge in [0.1, 0.15) is 11.5 Å². The van der Waals surface area contributed by atoms with Gasteiger partial charge in [0.2, 0.25) is 0 Å². The Labute approximate surface area is 150 Å². The summed E-state index contributed by atoms with van der Waals surface area (Å²) < 4.78 is 10.8. The van der Waals surface area contributed by atoms with Gasteiger partial charge in [-0.25, -0.2) is 0 Å². The molecule has 2 rings (SSSR count). The van der Waals surface area contributed by atoms with Crippen LogP contribution in [0.1, 0.15) is 37.8 Å². The SMILES string of the molecule is COc1cccc(O[C@@H](C)C(=O)NCCc2ccc(C(C)C)cc2)c1. The average molecular weight is 341 g/mol. The van der Waals surface area contributed by atoms with E-state index in [4.69, 9.17) is 9.47 Å². The van der Waals surface area contributed by atoms with Crippen LogP contribution >= 0.6 is 0 Å². The van der Waals surface area contributed by atoms with E-state index in [-0.39, 0.29) is 5.91 Å². The molecule has 0 radical (unpaired) electrons. The van der Waals surface area contributed by atoms with Crippen molar-refractivity contribution in [2.24, 2.45) is 0 Å². The first-order valence-corrected chi connectivity index (χ1v) is 8.67.